The zero-order valence-electron chi connectivity index (χ0n) is 46.4. The summed E-state index contributed by atoms with van der Waals surface area (Å²) >= 11 is 4.60. The Hall–Kier alpha value is -3.73. The van der Waals surface area contributed by atoms with Gasteiger partial charge >= 0.3 is 49.2 Å². The van der Waals surface area contributed by atoms with Crippen LogP contribution >= 0.6 is 11.6 Å². The van der Waals surface area contributed by atoms with Crippen LogP contribution < -0.4 is 59.4 Å². The Morgan fingerprint density at radius 2 is 1.05 bits per heavy atom. The molecule has 0 unspecified atom stereocenters. The number of hydrogen-bond donors (Lipinski definition) is 4. The minimum absolute atomic E-state index is 0. The van der Waals surface area contributed by atoms with Gasteiger partial charge in [0, 0.05) is 90.0 Å². The average Bonchev–Trinajstić information content (AvgIpc) is 3.37. The summed E-state index contributed by atoms with van der Waals surface area (Å²) in [5.41, 5.74) is 15.4. The van der Waals surface area contributed by atoms with Crippen LogP contribution in [0.3, 0.4) is 0 Å². The fraction of sp³-hybridized carbons (Fsp3) is 0.443. The van der Waals surface area contributed by atoms with Crippen molar-refractivity contribution in [3.63, 3.8) is 0 Å². The summed E-state index contributed by atoms with van der Waals surface area (Å²) in [5.74, 6) is 0.0955. The summed E-state index contributed by atoms with van der Waals surface area (Å²) in [6, 6.07) is 48.2. The number of alkyl carbamates (subject to hydrolysis) is 1. The van der Waals surface area contributed by atoms with Crippen molar-refractivity contribution in [2.24, 2.45) is 5.73 Å². The van der Waals surface area contributed by atoms with E-state index < -0.39 is 5.43 Å². The second-order valence-electron chi connectivity index (χ2n) is 20.6. The van der Waals surface area contributed by atoms with Crippen molar-refractivity contribution < 1.29 is 64.4 Å². The summed E-state index contributed by atoms with van der Waals surface area (Å²) in [7, 11) is 2.61. The van der Waals surface area contributed by atoms with Gasteiger partial charge in [-0.15, -0.1) is 0 Å². The summed E-state index contributed by atoms with van der Waals surface area (Å²) in [5, 5.41) is 9.34. The van der Waals surface area contributed by atoms with Gasteiger partial charge in [0.15, 0.2) is 34.7 Å². The Morgan fingerprint density at radius 1 is 0.618 bits per heavy atom. The number of rotatable bonds is 6. The molecule has 5 fully saturated rings. The van der Waals surface area contributed by atoms with Crippen LogP contribution in [0.2, 0.25) is 0 Å². The molecule has 2 heterocycles. The molecule has 5 aromatic carbocycles. The quantitative estimate of drug-likeness (QED) is 0.112. The largest absolute Gasteiger partial charge is 1.00 e. The van der Waals surface area contributed by atoms with Crippen molar-refractivity contribution >= 4 is 63.8 Å². The van der Waals surface area contributed by atoms with Crippen LogP contribution in [0.1, 0.15) is 143 Å². The van der Waals surface area contributed by atoms with Crippen molar-refractivity contribution in [2.45, 2.75) is 130 Å². The number of methoxy groups -OCH3 is 2. The molecule has 76 heavy (non-hydrogen) atoms. The Morgan fingerprint density at radius 3 is 1.47 bits per heavy atom. The number of nitrogens with one attached hydrogen (secondary N) is 3. The fourth-order valence-corrected chi connectivity index (χ4v) is 11.4. The maximum absolute atomic E-state index is 11.6. The van der Waals surface area contributed by atoms with Crippen LogP contribution in [0, 0.1) is 6.57 Å². The van der Waals surface area contributed by atoms with Gasteiger partial charge in [-0.1, -0.05) is 159 Å². The van der Waals surface area contributed by atoms with Crippen LogP contribution in [0.4, 0.5) is 9.59 Å². The van der Waals surface area contributed by atoms with Gasteiger partial charge in [-0.25, -0.2) is 16.2 Å². The van der Waals surface area contributed by atoms with E-state index in [0.29, 0.717) is 17.4 Å². The predicted octanol–water partition coefficient (Wildman–Crippen LogP) is 4.44. The molecule has 2 amide bonds. The van der Waals surface area contributed by atoms with Gasteiger partial charge in [-0.3, -0.25) is 4.79 Å². The van der Waals surface area contributed by atoms with E-state index in [1.165, 1.54) is 119 Å². The number of fused-ring (bicyclic) bond motifs is 4. The van der Waals surface area contributed by atoms with Crippen LogP contribution in [0.25, 0.3) is 4.85 Å². The molecular formula is C61H82Al2ClLi2N5O5. The van der Waals surface area contributed by atoms with Gasteiger partial charge < -0.3 is 38.9 Å². The minimum atomic E-state index is -0.773. The molecule has 5 aliphatic carbocycles. The molecule has 0 bridgehead atoms. The number of nitrogens with zero attached hydrogens (tertiary/aromatic N) is 1. The molecule has 5 saturated carbocycles. The van der Waals surface area contributed by atoms with E-state index in [0.717, 1.165) is 50.9 Å². The maximum atomic E-state index is 11.6. The van der Waals surface area contributed by atoms with Crippen molar-refractivity contribution in [3.8, 4) is 0 Å². The molecule has 5 N–H and O–H groups in total. The average molecular weight is 1070 g/mol. The topological polar surface area (TPSA) is 136 Å². The van der Waals surface area contributed by atoms with E-state index in [4.69, 9.17) is 12.3 Å². The molecule has 396 valence electrons. The normalized spacial score (nSPS) is 18.5. The van der Waals surface area contributed by atoms with E-state index >= 15 is 0 Å². The first-order chi connectivity index (χ1) is 35.0. The molecule has 0 saturated heterocycles. The number of amides is 2. The summed E-state index contributed by atoms with van der Waals surface area (Å²) in [4.78, 5) is 35.8. The Balaban J connectivity index is 0.000000469. The minimum Gasteiger partial charge on any atom is -1.00 e. The SMILES string of the molecule is COC(=O)Cl.COC(=O)NCC1(c2ccccc2)CCC1.NCC1(c2ccccc2)CCC1.O=C1NCC2(CCC2)c2ccccc21.[AlH3].[AlH3].[C-]#[N+]C1(c2ccccc2)CCC1.[H-].[H-].[Li+].[Li+].c1ccc2c(c1)CNCC21CCC1. The molecule has 2 aliphatic heterocycles. The zero-order valence-corrected chi connectivity index (χ0v) is 45.1. The van der Waals surface area contributed by atoms with Gasteiger partial charge in [0.2, 0.25) is 0 Å². The third-order valence-corrected chi connectivity index (χ3v) is 16.9. The third kappa shape index (κ3) is 16.0. The number of halogens is 1. The predicted molar refractivity (Wildman–Crippen MR) is 310 cm³/mol. The van der Waals surface area contributed by atoms with Crippen LogP contribution in [-0.4, -0.2) is 92.5 Å². The Labute approximate surface area is 506 Å². The number of benzene rings is 5. The maximum Gasteiger partial charge on any atom is 1.00 e. The zero-order chi connectivity index (χ0) is 50.9. The van der Waals surface area contributed by atoms with E-state index in [9.17, 15) is 14.4 Å². The number of carbonyl (C=O) groups excluding carboxylic acids is 3. The smallest absolute Gasteiger partial charge is 1.00 e. The molecular weight excluding hydrogens is 986 g/mol. The molecule has 0 radical (unpaired) electrons. The van der Waals surface area contributed by atoms with Crippen LogP contribution in [0.15, 0.2) is 140 Å². The van der Waals surface area contributed by atoms with Crippen molar-refractivity contribution in [2.75, 3.05) is 40.4 Å². The van der Waals surface area contributed by atoms with Gasteiger partial charge in [-0.2, -0.15) is 0 Å². The Kier molecular flexibility index (Phi) is 27.8. The van der Waals surface area contributed by atoms with Gasteiger partial charge in [0.1, 0.15) is 0 Å². The molecule has 0 aromatic heterocycles. The van der Waals surface area contributed by atoms with Crippen molar-refractivity contribution in [1.82, 2.24) is 16.0 Å². The van der Waals surface area contributed by atoms with Crippen LogP contribution in [-0.2, 0) is 43.2 Å². The molecule has 10 nitrogen and oxygen atoms in total. The second-order valence-corrected chi connectivity index (χ2v) is 20.9. The molecule has 7 aliphatic rings. The van der Waals surface area contributed by atoms with Gasteiger partial charge in [-0.05, 0) is 91.7 Å². The number of ether oxygens (including phenoxy) is 2. The molecule has 2 spiro atoms. The number of nitrogens with two attached hydrogens (primary N) is 1. The third-order valence-electron chi connectivity index (χ3n) is 16.7. The first kappa shape index (κ1) is 66.5. The van der Waals surface area contributed by atoms with Crippen LogP contribution in [0.5, 0.6) is 0 Å². The number of carbonyl (C=O) groups is 3. The second kappa shape index (κ2) is 31.8. The van der Waals surface area contributed by atoms with E-state index in [2.05, 4.69) is 127 Å². The molecule has 5 aromatic rings. The summed E-state index contributed by atoms with van der Waals surface area (Å²) in [6.07, 6.45) is 18.3. The molecule has 15 heteroatoms. The standard InChI is InChI=1S/C13H17NO2.C12H13NO.C12H15N.C11H11N.C11H15N.C2H3ClO2.2Al.2Li.8H/c1-16-12(15)14-10-13(8-5-9-13)11-6-3-2-4-7-11;14-11-9-4-1-2-5-10(9)12(8-13-11)6-3-7-12;1-2-5-11-10(4-1)8-13-9-12(11)6-3-7-12;1-12-11(8-5-9-11)10-6-3-2-4-7-10;12-9-11(7-4-8-11)10-5-2-1-3-6-10;1-5-2(3)4;;;;;;;;;;;;/h2-4,6-7H,5,8-10H2,1H3,(H,14,15);1-2,4-5H,3,6-8H2,(H,13,14);1-2,4-5,13H,3,6-9H2;2-4,6-7H,5,8-9H2;1-3,5-6H,4,7-9,12H2;1H3;;;;;;;;;;;;/q;;;;;;;;2*+1;;;;;;;2*-1. The van der Waals surface area contributed by atoms with E-state index in [1.807, 2.05) is 54.6 Å². The fourth-order valence-electron chi connectivity index (χ4n) is 11.4. The molecule has 12 rings (SSSR count). The molecule has 0 atom stereocenters. The monoisotopic (exact) mass is 1070 g/mol. The van der Waals surface area contributed by atoms with E-state index in [-0.39, 0.29) is 104 Å². The first-order valence-electron chi connectivity index (χ1n) is 26.0. The first-order valence-corrected chi connectivity index (χ1v) is 26.4. The van der Waals surface area contributed by atoms with Crippen molar-refractivity contribution in [3.05, 3.63) is 190 Å². The van der Waals surface area contributed by atoms with Gasteiger partial charge in [0.25, 0.3) is 11.4 Å². The van der Waals surface area contributed by atoms with E-state index in [1.54, 1.807) is 5.56 Å². The van der Waals surface area contributed by atoms with Crippen molar-refractivity contribution in [1.29, 1.82) is 0 Å². The Bertz CT molecular complexity index is 2600. The summed E-state index contributed by atoms with van der Waals surface area (Å²) in [6.45, 7) is 11.7. The van der Waals surface area contributed by atoms with Gasteiger partial charge in [0.05, 0.1) is 14.2 Å². The summed E-state index contributed by atoms with van der Waals surface area (Å²) < 4.78 is 8.48. The number of hydrogen-bond acceptors (Lipinski definition) is 7.